The monoisotopic (exact) mass is 192 g/mol. The summed E-state index contributed by atoms with van der Waals surface area (Å²) in [5.41, 5.74) is -0.647. The molecule has 2 atom stereocenters. The minimum absolute atomic E-state index is 0.0286. The first-order chi connectivity index (χ1) is 6.66. The van der Waals surface area contributed by atoms with E-state index in [1.54, 1.807) is 0 Å². The number of hydrogen-bond acceptors (Lipinski definition) is 2. The fourth-order valence-electron chi connectivity index (χ4n) is 2.18. The highest BCUT2D eigenvalue weighted by atomic mass is 16.2. The third-order valence-electron chi connectivity index (χ3n) is 3.43. The fourth-order valence-corrected chi connectivity index (χ4v) is 2.18. The number of nitrogens with zero attached hydrogens (tertiary/aromatic N) is 1. The topological polar surface area (TPSA) is 52.9 Å². The number of hydrogen-bond donors (Lipinski definition) is 1. The lowest BCUT2D eigenvalue weighted by atomic mass is 10.1. The maximum atomic E-state index is 11.7. The molecule has 0 heterocycles. The second kappa shape index (κ2) is 3.27. The standard InChI is InChI=1S/C11H16N2O/c1-8-2-3-9(6-8)13-10(14)11(7-12)4-5-11/h8-9H,2-6H2,1H3,(H,13,14). The fraction of sp³-hybridized carbons (Fsp3) is 0.818. The minimum Gasteiger partial charge on any atom is -0.352 e. The van der Waals surface area contributed by atoms with E-state index in [-0.39, 0.29) is 5.91 Å². The van der Waals surface area contributed by atoms with Gasteiger partial charge in [0, 0.05) is 6.04 Å². The highest BCUT2D eigenvalue weighted by Crippen LogP contribution is 2.45. The van der Waals surface area contributed by atoms with Gasteiger partial charge in [0.25, 0.3) is 0 Å². The lowest BCUT2D eigenvalue weighted by Gasteiger charge is -2.14. The van der Waals surface area contributed by atoms with Gasteiger partial charge < -0.3 is 5.32 Å². The third kappa shape index (κ3) is 1.61. The highest BCUT2D eigenvalue weighted by Gasteiger charge is 2.51. The molecule has 1 N–H and O–H groups in total. The first-order valence-corrected chi connectivity index (χ1v) is 5.38. The largest absolute Gasteiger partial charge is 0.352 e. The Morgan fingerprint density at radius 2 is 2.21 bits per heavy atom. The Morgan fingerprint density at radius 3 is 2.64 bits per heavy atom. The van der Waals surface area contributed by atoms with Crippen molar-refractivity contribution in [3.8, 4) is 6.07 Å². The van der Waals surface area contributed by atoms with Crippen molar-refractivity contribution >= 4 is 5.91 Å². The maximum Gasteiger partial charge on any atom is 0.240 e. The van der Waals surface area contributed by atoms with Gasteiger partial charge in [0.2, 0.25) is 5.91 Å². The van der Waals surface area contributed by atoms with Gasteiger partial charge in [0.1, 0.15) is 5.41 Å². The van der Waals surface area contributed by atoms with Crippen LogP contribution in [0, 0.1) is 22.7 Å². The highest BCUT2D eigenvalue weighted by molar-refractivity contribution is 5.88. The summed E-state index contributed by atoms with van der Waals surface area (Å²) in [4.78, 5) is 11.7. The summed E-state index contributed by atoms with van der Waals surface area (Å²) in [6.45, 7) is 2.21. The first-order valence-electron chi connectivity index (χ1n) is 5.38. The second-order valence-corrected chi connectivity index (χ2v) is 4.78. The van der Waals surface area contributed by atoms with Crippen LogP contribution in [0.25, 0.3) is 0 Å². The molecule has 0 radical (unpaired) electrons. The lowest BCUT2D eigenvalue weighted by molar-refractivity contribution is -0.125. The maximum absolute atomic E-state index is 11.7. The molecule has 2 aliphatic rings. The van der Waals surface area contributed by atoms with Gasteiger partial charge in [-0.05, 0) is 38.0 Å². The van der Waals surface area contributed by atoms with Gasteiger partial charge in [0.15, 0.2) is 0 Å². The third-order valence-corrected chi connectivity index (χ3v) is 3.43. The average molecular weight is 192 g/mol. The van der Waals surface area contributed by atoms with Crippen LogP contribution >= 0.6 is 0 Å². The molecule has 14 heavy (non-hydrogen) atoms. The predicted molar refractivity (Wildman–Crippen MR) is 52.2 cm³/mol. The van der Waals surface area contributed by atoms with Crippen LogP contribution in [-0.2, 0) is 4.79 Å². The summed E-state index contributed by atoms with van der Waals surface area (Å²) in [6.07, 6.45) is 4.85. The van der Waals surface area contributed by atoms with Gasteiger partial charge in [-0.3, -0.25) is 4.79 Å². The number of rotatable bonds is 2. The second-order valence-electron chi connectivity index (χ2n) is 4.78. The van der Waals surface area contributed by atoms with Crippen molar-refractivity contribution in [2.75, 3.05) is 0 Å². The van der Waals surface area contributed by atoms with Crippen molar-refractivity contribution in [3.63, 3.8) is 0 Å². The number of nitriles is 1. The summed E-state index contributed by atoms with van der Waals surface area (Å²) in [5.74, 6) is 0.691. The lowest BCUT2D eigenvalue weighted by Crippen LogP contribution is -2.38. The number of nitrogens with one attached hydrogen (secondary N) is 1. The van der Waals surface area contributed by atoms with Gasteiger partial charge in [-0.1, -0.05) is 6.92 Å². The molecule has 0 saturated heterocycles. The molecule has 1 amide bonds. The Morgan fingerprint density at radius 1 is 1.50 bits per heavy atom. The average Bonchev–Trinajstić information content (AvgIpc) is 2.87. The van der Waals surface area contributed by atoms with E-state index in [1.807, 2.05) is 0 Å². The summed E-state index contributed by atoms with van der Waals surface area (Å²) < 4.78 is 0. The van der Waals surface area contributed by atoms with E-state index in [2.05, 4.69) is 18.3 Å². The molecule has 2 saturated carbocycles. The zero-order valence-corrected chi connectivity index (χ0v) is 8.55. The molecule has 0 aromatic rings. The molecule has 2 unspecified atom stereocenters. The van der Waals surface area contributed by atoms with Gasteiger partial charge in [-0.25, -0.2) is 0 Å². The van der Waals surface area contributed by atoms with E-state index in [4.69, 9.17) is 5.26 Å². The molecule has 0 aromatic carbocycles. The number of carbonyl (C=O) groups is 1. The number of carbonyl (C=O) groups excluding carboxylic acids is 1. The summed E-state index contributed by atoms with van der Waals surface area (Å²) in [6, 6.07) is 2.45. The van der Waals surface area contributed by atoms with E-state index < -0.39 is 5.41 Å². The summed E-state index contributed by atoms with van der Waals surface area (Å²) >= 11 is 0. The predicted octanol–water partition coefficient (Wildman–Crippen LogP) is 1.59. The quantitative estimate of drug-likeness (QED) is 0.722. The minimum atomic E-state index is -0.647. The van der Waals surface area contributed by atoms with Crippen LogP contribution in [-0.4, -0.2) is 11.9 Å². The zero-order valence-electron chi connectivity index (χ0n) is 8.55. The van der Waals surface area contributed by atoms with Crippen molar-refractivity contribution in [3.05, 3.63) is 0 Å². The molecule has 0 bridgehead atoms. The molecular formula is C11H16N2O. The molecule has 3 nitrogen and oxygen atoms in total. The Hall–Kier alpha value is -1.04. The Kier molecular flexibility index (Phi) is 2.22. The molecule has 3 heteroatoms. The molecular weight excluding hydrogens is 176 g/mol. The van der Waals surface area contributed by atoms with Crippen molar-refractivity contribution in [2.45, 2.75) is 45.1 Å². The molecule has 76 valence electrons. The first kappa shape index (κ1) is 9.51. The summed E-state index contributed by atoms with van der Waals surface area (Å²) in [7, 11) is 0. The van der Waals surface area contributed by atoms with Crippen LogP contribution in [0.3, 0.4) is 0 Å². The van der Waals surface area contributed by atoms with Gasteiger partial charge in [0.05, 0.1) is 6.07 Å². The van der Waals surface area contributed by atoms with Crippen molar-refractivity contribution in [1.29, 1.82) is 5.26 Å². The van der Waals surface area contributed by atoms with Crippen molar-refractivity contribution in [1.82, 2.24) is 5.32 Å². The smallest absolute Gasteiger partial charge is 0.240 e. The van der Waals surface area contributed by atoms with Crippen LogP contribution in [0.15, 0.2) is 0 Å². The van der Waals surface area contributed by atoms with E-state index in [0.717, 1.165) is 31.6 Å². The molecule has 0 aliphatic heterocycles. The van der Waals surface area contributed by atoms with Crippen molar-refractivity contribution in [2.24, 2.45) is 11.3 Å². The molecule has 2 rings (SSSR count). The zero-order chi connectivity index (χ0) is 10.2. The van der Waals surface area contributed by atoms with Gasteiger partial charge in [-0.15, -0.1) is 0 Å². The molecule has 0 aromatic heterocycles. The van der Waals surface area contributed by atoms with Gasteiger partial charge in [-0.2, -0.15) is 5.26 Å². The van der Waals surface area contributed by atoms with Crippen LogP contribution in [0.5, 0.6) is 0 Å². The van der Waals surface area contributed by atoms with Crippen LogP contribution < -0.4 is 5.32 Å². The number of amides is 1. The van der Waals surface area contributed by atoms with Crippen LogP contribution in [0.4, 0.5) is 0 Å². The normalized spacial score (nSPS) is 33.4. The molecule has 2 aliphatic carbocycles. The van der Waals surface area contributed by atoms with E-state index in [0.29, 0.717) is 6.04 Å². The Bertz CT molecular complexity index is 288. The van der Waals surface area contributed by atoms with E-state index >= 15 is 0 Å². The van der Waals surface area contributed by atoms with Crippen molar-refractivity contribution < 1.29 is 4.79 Å². The van der Waals surface area contributed by atoms with Crippen LogP contribution in [0.1, 0.15) is 39.0 Å². The van der Waals surface area contributed by atoms with E-state index in [1.165, 1.54) is 6.42 Å². The van der Waals surface area contributed by atoms with E-state index in [9.17, 15) is 4.79 Å². The van der Waals surface area contributed by atoms with Crippen LogP contribution in [0.2, 0.25) is 0 Å². The Labute approximate surface area is 84.5 Å². The Balaban J connectivity index is 1.87. The molecule has 2 fully saturated rings. The molecule has 0 spiro atoms. The van der Waals surface area contributed by atoms with Gasteiger partial charge >= 0.3 is 0 Å². The summed E-state index contributed by atoms with van der Waals surface area (Å²) in [5, 5.41) is 11.8. The SMILES string of the molecule is CC1CCC(NC(=O)C2(C#N)CC2)C1.